The predicted octanol–water partition coefficient (Wildman–Crippen LogP) is 2.65. The maximum absolute atomic E-state index is 5.79. The first-order valence-electron chi connectivity index (χ1n) is 5.04. The highest BCUT2D eigenvalue weighted by Crippen LogP contribution is 2.26. The summed E-state index contributed by atoms with van der Waals surface area (Å²) in [6, 6.07) is 5.66. The van der Waals surface area contributed by atoms with Crippen LogP contribution < -0.4 is 15.8 Å². The summed E-state index contributed by atoms with van der Waals surface area (Å²) in [7, 11) is 0. The molecule has 0 spiro atoms. The molecular formula is C12H18N2O. The Morgan fingerprint density at radius 1 is 1.53 bits per heavy atom. The smallest absolute Gasteiger partial charge is 0.144 e. The molecule has 0 atom stereocenters. The lowest BCUT2D eigenvalue weighted by Gasteiger charge is -2.13. The first-order valence-corrected chi connectivity index (χ1v) is 5.04. The second-order valence-electron chi connectivity index (χ2n) is 3.59. The van der Waals surface area contributed by atoms with E-state index in [-0.39, 0.29) is 6.10 Å². The largest absolute Gasteiger partial charge is 0.489 e. The van der Waals surface area contributed by atoms with Crippen molar-refractivity contribution in [3.63, 3.8) is 0 Å². The molecule has 1 rings (SSSR count). The van der Waals surface area contributed by atoms with Gasteiger partial charge in [0.05, 0.1) is 11.8 Å². The molecule has 0 fully saturated rings. The van der Waals surface area contributed by atoms with Crippen molar-refractivity contribution in [3.8, 4) is 5.75 Å². The van der Waals surface area contributed by atoms with E-state index in [1.807, 2.05) is 32.0 Å². The maximum atomic E-state index is 5.79. The van der Waals surface area contributed by atoms with Gasteiger partial charge in [0.25, 0.3) is 0 Å². The summed E-state index contributed by atoms with van der Waals surface area (Å²) in [4.78, 5) is 0. The molecule has 3 nitrogen and oxygen atoms in total. The average molecular weight is 206 g/mol. The standard InChI is InChI=1S/C12H18N2O/c1-4-7-14-10-5-6-11(13)12(8-10)15-9(2)3/h4-6,8-9,14H,1,7,13H2,2-3H3. The van der Waals surface area contributed by atoms with Crippen LogP contribution in [-0.2, 0) is 0 Å². The van der Waals surface area contributed by atoms with Crippen LogP contribution in [0.4, 0.5) is 11.4 Å². The van der Waals surface area contributed by atoms with Gasteiger partial charge in [-0.25, -0.2) is 0 Å². The lowest BCUT2D eigenvalue weighted by molar-refractivity contribution is 0.244. The summed E-state index contributed by atoms with van der Waals surface area (Å²) >= 11 is 0. The number of hydrogen-bond donors (Lipinski definition) is 2. The highest BCUT2D eigenvalue weighted by atomic mass is 16.5. The molecule has 0 saturated heterocycles. The van der Waals surface area contributed by atoms with Crippen molar-refractivity contribution in [2.24, 2.45) is 0 Å². The topological polar surface area (TPSA) is 47.3 Å². The van der Waals surface area contributed by atoms with E-state index in [2.05, 4.69) is 11.9 Å². The van der Waals surface area contributed by atoms with Crippen molar-refractivity contribution < 1.29 is 4.74 Å². The van der Waals surface area contributed by atoms with Crippen molar-refractivity contribution in [1.29, 1.82) is 0 Å². The molecule has 1 aromatic carbocycles. The van der Waals surface area contributed by atoms with E-state index in [0.29, 0.717) is 5.69 Å². The first kappa shape index (κ1) is 11.4. The van der Waals surface area contributed by atoms with Crippen LogP contribution >= 0.6 is 0 Å². The van der Waals surface area contributed by atoms with Crippen molar-refractivity contribution in [1.82, 2.24) is 0 Å². The summed E-state index contributed by atoms with van der Waals surface area (Å²) in [5, 5.41) is 3.18. The molecule has 0 bridgehead atoms. The number of nitrogens with one attached hydrogen (secondary N) is 1. The average Bonchev–Trinajstić information content (AvgIpc) is 2.18. The molecule has 0 unspecified atom stereocenters. The molecule has 3 heteroatoms. The molecule has 0 radical (unpaired) electrons. The van der Waals surface area contributed by atoms with Crippen LogP contribution in [0.5, 0.6) is 5.75 Å². The van der Waals surface area contributed by atoms with E-state index >= 15 is 0 Å². The summed E-state index contributed by atoms with van der Waals surface area (Å²) in [5.41, 5.74) is 7.44. The first-order chi connectivity index (χ1) is 7.13. The van der Waals surface area contributed by atoms with Crippen LogP contribution in [-0.4, -0.2) is 12.6 Å². The van der Waals surface area contributed by atoms with Crippen LogP contribution in [0.2, 0.25) is 0 Å². The van der Waals surface area contributed by atoms with E-state index < -0.39 is 0 Å². The molecule has 0 heterocycles. The van der Waals surface area contributed by atoms with E-state index in [1.54, 1.807) is 6.08 Å². The normalized spacial score (nSPS) is 10.1. The van der Waals surface area contributed by atoms with Gasteiger partial charge in [-0.3, -0.25) is 0 Å². The quantitative estimate of drug-likeness (QED) is 0.575. The minimum absolute atomic E-state index is 0.127. The number of hydrogen-bond acceptors (Lipinski definition) is 3. The second kappa shape index (κ2) is 5.29. The Morgan fingerprint density at radius 2 is 2.27 bits per heavy atom. The number of nitrogens with two attached hydrogens (primary N) is 1. The Bertz CT molecular complexity index is 334. The van der Waals surface area contributed by atoms with Gasteiger partial charge < -0.3 is 15.8 Å². The molecule has 1 aromatic rings. The third-order valence-corrected chi connectivity index (χ3v) is 1.83. The number of anilines is 2. The maximum Gasteiger partial charge on any atom is 0.144 e. The zero-order valence-corrected chi connectivity index (χ0v) is 9.29. The minimum atomic E-state index is 0.127. The summed E-state index contributed by atoms with van der Waals surface area (Å²) in [6.07, 6.45) is 1.93. The lowest BCUT2D eigenvalue weighted by atomic mass is 10.2. The van der Waals surface area contributed by atoms with Crippen molar-refractivity contribution >= 4 is 11.4 Å². The molecule has 0 amide bonds. The van der Waals surface area contributed by atoms with Gasteiger partial charge >= 0.3 is 0 Å². The summed E-state index contributed by atoms with van der Waals surface area (Å²) in [5.74, 6) is 0.721. The molecule has 0 aliphatic heterocycles. The van der Waals surface area contributed by atoms with Crippen molar-refractivity contribution in [2.75, 3.05) is 17.6 Å². The van der Waals surface area contributed by atoms with E-state index in [0.717, 1.165) is 18.0 Å². The third kappa shape index (κ3) is 3.54. The molecule has 0 aromatic heterocycles. The van der Waals surface area contributed by atoms with Gasteiger partial charge in [-0.05, 0) is 26.0 Å². The van der Waals surface area contributed by atoms with Crippen molar-refractivity contribution in [3.05, 3.63) is 30.9 Å². The highest BCUT2D eigenvalue weighted by molar-refractivity contribution is 5.61. The fourth-order valence-corrected chi connectivity index (χ4v) is 1.19. The molecule has 0 aliphatic carbocycles. The minimum Gasteiger partial charge on any atom is -0.489 e. The highest BCUT2D eigenvalue weighted by Gasteiger charge is 2.03. The van der Waals surface area contributed by atoms with Crippen LogP contribution in [0.15, 0.2) is 30.9 Å². The van der Waals surface area contributed by atoms with Gasteiger partial charge in [-0.1, -0.05) is 6.08 Å². The second-order valence-corrected chi connectivity index (χ2v) is 3.59. The Hall–Kier alpha value is -1.64. The monoisotopic (exact) mass is 206 g/mol. The van der Waals surface area contributed by atoms with Crippen LogP contribution in [0.25, 0.3) is 0 Å². The van der Waals surface area contributed by atoms with Gasteiger partial charge in [-0.15, -0.1) is 6.58 Å². The van der Waals surface area contributed by atoms with Gasteiger partial charge in [0.15, 0.2) is 0 Å². The number of ether oxygens (including phenoxy) is 1. The number of nitrogen functional groups attached to an aromatic ring is 1. The zero-order chi connectivity index (χ0) is 11.3. The molecular weight excluding hydrogens is 188 g/mol. The predicted molar refractivity (Wildman–Crippen MR) is 65.3 cm³/mol. The van der Waals surface area contributed by atoms with E-state index in [1.165, 1.54) is 0 Å². The molecule has 0 aliphatic rings. The molecule has 0 saturated carbocycles. The Kier molecular flexibility index (Phi) is 4.03. The Balaban J connectivity index is 2.79. The van der Waals surface area contributed by atoms with Gasteiger partial charge in [-0.2, -0.15) is 0 Å². The number of rotatable bonds is 5. The molecule has 15 heavy (non-hydrogen) atoms. The van der Waals surface area contributed by atoms with E-state index in [9.17, 15) is 0 Å². The third-order valence-electron chi connectivity index (χ3n) is 1.83. The Morgan fingerprint density at radius 3 is 2.87 bits per heavy atom. The van der Waals surface area contributed by atoms with Gasteiger partial charge in [0, 0.05) is 18.3 Å². The lowest BCUT2D eigenvalue weighted by Crippen LogP contribution is -2.08. The fourth-order valence-electron chi connectivity index (χ4n) is 1.19. The summed E-state index contributed by atoms with van der Waals surface area (Å²) in [6.45, 7) is 8.32. The van der Waals surface area contributed by atoms with E-state index in [4.69, 9.17) is 10.5 Å². The van der Waals surface area contributed by atoms with Gasteiger partial charge in [0.2, 0.25) is 0 Å². The fraction of sp³-hybridized carbons (Fsp3) is 0.333. The SMILES string of the molecule is C=CCNc1ccc(N)c(OC(C)C)c1. The summed E-state index contributed by atoms with van der Waals surface area (Å²) < 4.78 is 5.57. The van der Waals surface area contributed by atoms with Gasteiger partial charge in [0.1, 0.15) is 5.75 Å². The molecule has 82 valence electrons. The Labute approximate surface area is 90.9 Å². The van der Waals surface area contributed by atoms with Crippen LogP contribution in [0, 0.1) is 0 Å². The zero-order valence-electron chi connectivity index (χ0n) is 9.29. The van der Waals surface area contributed by atoms with Crippen molar-refractivity contribution in [2.45, 2.75) is 20.0 Å². The molecule has 3 N–H and O–H groups in total. The van der Waals surface area contributed by atoms with Crippen LogP contribution in [0.1, 0.15) is 13.8 Å². The number of benzene rings is 1. The van der Waals surface area contributed by atoms with Crippen LogP contribution in [0.3, 0.4) is 0 Å².